The normalized spacial score (nSPS) is 22.2. The van der Waals surface area contributed by atoms with Gasteiger partial charge in [-0.05, 0) is 30.5 Å². The summed E-state index contributed by atoms with van der Waals surface area (Å²) in [6, 6.07) is 11.4. The van der Waals surface area contributed by atoms with Crippen LogP contribution < -0.4 is 11.3 Å². The van der Waals surface area contributed by atoms with Crippen LogP contribution in [0.1, 0.15) is 18.2 Å². The lowest BCUT2D eigenvalue weighted by atomic mass is 9.97. The van der Waals surface area contributed by atoms with E-state index in [1.165, 1.54) is 0 Å². The molecular formula is C14H18N4O2S. The molecule has 2 unspecified atom stereocenters. The Balaban J connectivity index is 1.94. The zero-order chi connectivity index (χ0) is 14.9. The van der Waals surface area contributed by atoms with Crippen molar-refractivity contribution in [1.29, 1.82) is 0 Å². The van der Waals surface area contributed by atoms with Crippen molar-refractivity contribution in [3.05, 3.63) is 48.3 Å². The van der Waals surface area contributed by atoms with Gasteiger partial charge in [-0.25, -0.2) is 13.1 Å². The first-order chi connectivity index (χ1) is 10.1. The summed E-state index contributed by atoms with van der Waals surface area (Å²) in [5.74, 6) is 6.06. The van der Waals surface area contributed by atoms with Crippen molar-refractivity contribution < 1.29 is 8.42 Å². The molecule has 3 N–H and O–H groups in total. The van der Waals surface area contributed by atoms with Gasteiger partial charge in [-0.2, -0.15) is 5.10 Å². The number of para-hydroxylation sites is 1. The average Bonchev–Trinajstić information content (AvgIpc) is 3.08. The molecule has 6 nitrogen and oxygen atoms in total. The molecule has 1 saturated heterocycles. The van der Waals surface area contributed by atoms with E-state index >= 15 is 0 Å². The Labute approximate surface area is 123 Å². The van der Waals surface area contributed by atoms with Gasteiger partial charge in [0.05, 0.1) is 28.9 Å². The van der Waals surface area contributed by atoms with Crippen LogP contribution >= 0.6 is 0 Å². The second-order valence-corrected chi connectivity index (χ2v) is 7.54. The minimum absolute atomic E-state index is 0.0286. The largest absolute Gasteiger partial charge is 0.271 e. The van der Waals surface area contributed by atoms with Crippen LogP contribution in [0.2, 0.25) is 0 Å². The molecule has 1 aliphatic rings. The number of aromatic nitrogens is 2. The Bertz CT molecular complexity index is 712. The second kappa shape index (κ2) is 5.59. The molecule has 0 bridgehead atoms. The first-order valence-electron chi connectivity index (χ1n) is 6.86. The number of hydrogen-bond donors (Lipinski definition) is 2. The molecule has 1 fully saturated rings. The fourth-order valence-corrected chi connectivity index (χ4v) is 4.72. The van der Waals surface area contributed by atoms with Gasteiger partial charge in [0, 0.05) is 6.20 Å². The van der Waals surface area contributed by atoms with Gasteiger partial charge < -0.3 is 0 Å². The maximum Gasteiger partial charge on any atom is 0.150 e. The molecule has 21 heavy (non-hydrogen) atoms. The Kier molecular flexibility index (Phi) is 3.79. The van der Waals surface area contributed by atoms with Gasteiger partial charge in [0.1, 0.15) is 0 Å². The molecular weight excluding hydrogens is 288 g/mol. The third kappa shape index (κ3) is 2.85. The molecule has 0 spiro atoms. The number of nitrogens with zero attached hydrogens (tertiary/aromatic N) is 2. The Morgan fingerprint density at radius 1 is 1.29 bits per heavy atom. The fourth-order valence-electron chi connectivity index (χ4n) is 2.88. The molecule has 0 saturated carbocycles. The zero-order valence-corrected chi connectivity index (χ0v) is 12.3. The van der Waals surface area contributed by atoms with Crippen molar-refractivity contribution >= 4 is 9.84 Å². The maximum absolute atomic E-state index is 11.7. The van der Waals surface area contributed by atoms with Crippen molar-refractivity contribution in [2.24, 2.45) is 11.8 Å². The number of sulfone groups is 1. The predicted octanol–water partition coefficient (Wildman–Crippen LogP) is 0.811. The van der Waals surface area contributed by atoms with Crippen molar-refractivity contribution in [3.8, 4) is 5.69 Å². The number of hydrogen-bond acceptors (Lipinski definition) is 5. The van der Waals surface area contributed by atoms with Crippen molar-refractivity contribution in [2.45, 2.75) is 12.5 Å². The summed E-state index contributed by atoms with van der Waals surface area (Å²) >= 11 is 0. The van der Waals surface area contributed by atoms with Crippen LogP contribution in [-0.2, 0) is 9.84 Å². The van der Waals surface area contributed by atoms with Crippen LogP contribution in [0.5, 0.6) is 0 Å². The average molecular weight is 306 g/mol. The summed E-state index contributed by atoms with van der Waals surface area (Å²) in [5.41, 5.74) is 4.58. The van der Waals surface area contributed by atoms with E-state index in [1.807, 2.05) is 36.4 Å². The minimum atomic E-state index is -2.94. The monoisotopic (exact) mass is 306 g/mol. The summed E-state index contributed by atoms with van der Waals surface area (Å²) in [4.78, 5) is 0. The van der Waals surface area contributed by atoms with E-state index in [-0.39, 0.29) is 23.5 Å². The number of benzene rings is 1. The fraction of sp³-hybridized carbons (Fsp3) is 0.357. The standard InChI is InChI=1S/C14H18N4O2S/c15-17-14(11-7-9-21(19,20)10-11)13-6-8-16-18(13)12-4-2-1-3-5-12/h1-6,8,11,14,17H,7,9-10,15H2. The van der Waals surface area contributed by atoms with Gasteiger partial charge in [-0.1, -0.05) is 18.2 Å². The van der Waals surface area contributed by atoms with Crippen LogP contribution in [0.25, 0.3) is 5.69 Å². The van der Waals surface area contributed by atoms with Crippen LogP contribution in [0.4, 0.5) is 0 Å². The van der Waals surface area contributed by atoms with Crippen molar-refractivity contribution in [1.82, 2.24) is 15.2 Å². The Morgan fingerprint density at radius 2 is 2.05 bits per heavy atom. The van der Waals surface area contributed by atoms with Crippen molar-refractivity contribution in [2.75, 3.05) is 11.5 Å². The third-order valence-electron chi connectivity index (χ3n) is 3.91. The molecule has 0 radical (unpaired) electrons. The van der Waals surface area contributed by atoms with Crippen LogP contribution in [0.3, 0.4) is 0 Å². The molecule has 112 valence electrons. The van der Waals surface area contributed by atoms with E-state index in [2.05, 4.69) is 10.5 Å². The molecule has 3 rings (SSSR count). The summed E-state index contributed by atoms with van der Waals surface area (Å²) in [6.07, 6.45) is 2.33. The molecule has 1 aromatic heterocycles. The Hall–Kier alpha value is -1.70. The zero-order valence-electron chi connectivity index (χ0n) is 11.5. The quantitative estimate of drug-likeness (QED) is 0.644. The molecule has 2 atom stereocenters. The molecule has 1 aliphatic heterocycles. The molecule has 0 aliphatic carbocycles. The molecule has 1 aromatic carbocycles. The van der Waals surface area contributed by atoms with Crippen molar-refractivity contribution in [3.63, 3.8) is 0 Å². The Morgan fingerprint density at radius 3 is 2.67 bits per heavy atom. The number of rotatable bonds is 4. The summed E-state index contributed by atoms with van der Waals surface area (Å²) in [6.45, 7) is 0. The maximum atomic E-state index is 11.7. The highest BCUT2D eigenvalue weighted by atomic mass is 32.2. The molecule has 2 aromatic rings. The lowest BCUT2D eigenvalue weighted by molar-refractivity contribution is 0.384. The van der Waals surface area contributed by atoms with Gasteiger partial charge in [0.2, 0.25) is 0 Å². The lowest BCUT2D eigenvalue weighted by Crippen LogP contribution is -2.35. The van der Waals surface area contributed by atoms with E-state index in [9.17, 15) is 8.42 Å². The van der Waals surface area contributed by atoms with E-state index in [0.29, 0.717) is 6.42 Å². The van der Waals surface area contributed by atoms with Gasteiger partial charge in [-0.15, -0.1) is 0 Å². The topological polar surface area (TPSA) is 90.0 Å². The summed E-state index contributed by atoms with van der Waals surface area (Å²) < 4.78 is 25.2. The number of nitrogens with two attached hydrogens (primary N) is 1. The SMILES string of the molecule is NNC(c1ccnn1-c1ccccc1)C1CCS(=O)(=O)C1. The summed E-state index contributed by atoms with van der Waals surface area (Å²) in [5, 5.41) is 4.33. The lowest BCUT2D eigenvalue weighted by Gasteiger charge is -2.22. The highest BCUT2D eigenvalue weighted by Gasteiger charge is 2.35. The van der Waals surface area contributed by atoms with Gasteiger partial charge in [0.25, 0.3) is 0 Å². The number of hydrazine groups is 1. The molecule has 7 heteroatoms. The highest BCUT2D eigenvalue weighted by Crippen LogP contribution is 2.31. The molecule has 2 heterocycles. The van der Waals surface area contributed by atoms with E-state index in [0.717, 1.165) is 11.4 Å². The highest BCUT2D eigenvalue weighted by molar-refractivity contribution is 7.91. The van der Waals surface area contributed by atoms with Crippen LogP contribution in [-0.4, -0.2) is 29.7 Å². The first kappa shape index (κ1) is 14.2. The third-order valence-corrected chi connectivity index (χ3v) is 5.70. The van der Waals surface area contributed by atoms with E-state index < -0.39 is 9.84 Å². The first-order valence-corrected chi connectivity index (χ1v) is 8.69. The van der Waals surface area contributed by atoms with Gasteiger partial charge in [-0.3, -0.25) is 11.3 Å². The van der Waals surface area contributed by atoms with Gasteiger partial charge >= 0.3 is 0 Å². The van der Waals surface area contributed by atoms with Crippen LogP contribution in [0, 0.1) is 5.92 Å². The predicted molar refractivity (Wildman–Crippen MR) is 80.4 cm³/mol. The van der Waals surface area contributed by atoms with Gasteiger partial charge in [0.15, 0.2) is 9.84 Å². The minimum Gasteiger partial charge on any atom is -0.271 e. The van der Waals surface area contributed by atoms with Crippen LogP contribution in [0.15, 0.2) is 42.6 Å². The number of nitrogens with one attached hydrogen (secondary N) is 1. The van der Waals surface area contributed by atoms with E-state index in [4.69, 9.17) is 5.84 Å². The molecule has 0 amide bonds. The summed E-state index contributed by atoms with van der Waals surface area (Å²) in [7, 11) is -2.94. The van der Waals surface area contributed by atoms with E-state index in [1.54, 1.807) is 10.9 Å². The smallest absolute Gasteiger partial charge is 0.150 e. The second-order valence-electron chi connectivity index (χ2n) is 5.31.